The highest BCUT2D eigenvalue weighted by atomic mass is 32.2. The molecule has 0 atom stereocenters. The number of aromatic nitrogens is 6. The van der Waals surface area contributed by atoms with Crippen LogP contribution in [0.2, 0.25) is 0 Å². The fourth-order valence-electron chi connectivity index (χ4n) is 2.19. The molecule has 0 fully saturated rings. The summed E-state index contributed by atoms with van der Waals surface area (Å²) in [5.74, 6) is -0.0312. The number of hydrogen-bond acceptors (Lipinski definition) is 9. The van der Waals surface area contributed by atoms with Gasteiger partial charge in [0.1, 0.15) is 28.0 Å². The summed E-state index contributed by atoms with van der Waals surface area (Å²) >= 11 is 2.37. The average molecular weight is 429 g/mol. The Balaban J connectivity index is 1.64. The van der Waals surface area contributed by atoms with Crippen molar-refractivity contribution < 1.29 is 13.7 Å². The van der Waals surface area contributed by atoms with E-state index < -0.39 is 5.91 Å². The van der Waals surface area contributed by atoms with Crippen molar-refractivity contribution in [2.24, 2.45) is 0 Å². The average Bonchev–Trinajstić information content (AvgIpc) is 3.36. The largest absolute Gasteiger partial charge is 0.360 e. The van der Waals surface area contributed by atoms with Crippen LogP contribution in [0, 0.1) is 12.7 Å². The first-order chi connectivity index (χ1) is 14.1. The molecular formula is C17H12FN7O2S2. The third kappa shape index (κ3) is 4.78. The van der Waals surface area contributed by atoms with Crippen molar-refractivity contribution in [2.75, 3.05) is 5.32 Å². The van der Waals surface area contributed by atoms with Gasteiger partial charge in [0, 0.05) is 11.0 Å². The zero-order valence-corrected chi connectivity index (χ0v) is 16.4. The quantitative estimate of drug-likeness (QED) is 0.473. The molecular weight excluding hydrogens is 417 g/mol. The lowest BCUT2D eigenvalue weighted by Gasteiger charge is -2.08. The van der Waals surface area contributed by atoms with E-state index >= 15 is 0 Å². The van der Waals surface area contributed by atoms with Crippen LogP contribution in [0.3, 0.4) is 0 Å². The Morgan fingerprint density at radius 1 is 1.21 bits per heavy atom. The third-order valence-electron chi connectivity index (χ3n) is 3.42. The Hall–Kier alpha value is -3.25. The molecule has 29 heavy (non-hydrogen) atoms. The normalized spacial score (nSPS) is 10.8. The van der Waals surface area contributed by atoms with Gasteiger partial charge in [-0.2, -0.15) is 5.10 Å². The molecule has 0 saturated heterocycles. The van der Waals surface area contributed by atoms with Crippen LogP contribution in [-0.4, -0.2) is 36.2 Å². The number of aromatic amines is 1. The van der Waals surface area contributed by atoms with Gasteiger partial charge in [-0.15, -0.1) is 0 Å². The molecule has 146 valence electrons. The number of H-pyrrole nitrogens is 1. The zero-order valence-electron chi connectivity index (χ0n) is 14.8. The van der Waals surface area contributed by atoms with Crippen molar-refractivity contribution in [3.05, 3.63) is 60.1 Å². The molecule has 0 unspecified atom stereocenters. The van der Waals surface area contributed by atoms with Gasteiger partial charge in [-0.05, 0) is 43.0 Å². The molecule has 1 amide bonds. The van der Waals surface area contributed by atoms with Crippen LogP contribution >= 0.6 is 23.5 Å². The molecule has 12 heteroatoms. The van der Waals surface area contributed by atoms with Crippen LogP contribution in [-0.2, 0) is 0 Å². The second-order valence-corrected chi connectivity index (χ2v) is 7.66. The molecule has 0 aliphatic carbocycles. The molecule has 1 aromatic carbocycles. The van der Waals surface area contributed by atoms with E-state index in [0.29, 0.717) is 25.9 Å². The number of carbonyl (C=O) groups is 1. The number of aryl methyl sites for hydroxylation is 1. The molecule has 0 aliphatic rings. The smallest absolute Gasteiger partial charge is 0.278 e. The molecule has 2 N–H and O–H groups in total. The van der Waals surface area contributed by atoms with Crippen molar-refractivity contribution in [1.82, 2.24) is 30.3 Å². The topological polar surface area (TPSA) is 122 Å². The molecule has 0 spiro atoms. The lowest BCUT2D eigenvalue weighted by Crippen LogP contribution is -2.16. The molecule has 0 radical (unpaired) electrons. The third-order valence-corrected chi connectivity index (χ3v) is 5.22. The molecule has 9 nitrogen and oxygen atoms in total. The van der Waals surface area contributed by atoms with Crippen molar-refractivity contribution in [1.29, 1.82) is 0 Å². The van der Waals surface area contributed by atoms with Gasteiger partial charge in [-0.3, -0.25) is 9.89 Å². The minimum atomic E-state index is -0.504. The fraction of sp³-hybridized carbons (Fsp3) is 0.0588. The van der Waals surface area contributed by atoms with Crippen molar-refractivity contribution >= 4 is 35.2 Å². The van der Waals surface area contributed by atoms with Gasteiger partial charge in [-0.1, -0.05) is 16.9 Å². The number of nitrogens with one attached hydrogen (secondary N) is 2. The van der Waals surface area contributed by atoms with Gasteiger partial charge in [0.15, 0.2) is 16.7 Å². The summed E-state index contributed by atoms with van der Waals surface area (Å²) in [6.45, 7) is 1.72. The Bertz CT molecular complexity index is 1130. The van der Waals surface area contributed by atoms with Gasteiger partial charge < -0.3 is 9.84 Å². The highest BCUT2D eigenvalue weighted by molar-refractivity contribution is 7.99. The summed E-state index contributed by atoms with van der Waals surface area (Å²) in [7, 11) is 0. The first kappa shape index (κ1) is 19.1. The van der Waals surface area contributed by atoms with Crippen LogP contribution < -0.4 is 5.32 Å². The van der Waals surface area contributed by atoms with Crippen molar-refractivity contribution in [3.8, 4) is 0 Å². The van der Waals surface area contributed by atoms with Crippen molar-refractivity contribution in [3.63, 3.8) is 0 Å². The maximum absolute atomic E-state index is 13.2. The number of anilines is 1. The monoisotopic (exact) mass is 429 g/mol. The molecule has 3 heterocycles. The second-order valence-electron chi connectivity index (χ2n) is 5.59. The molecule has 0 saturated carbocycles. The molecule has 3 aromatic heterocycles. The fourth-order valence-corrected chi connectivity index (χ4v) is 3.67. The van der Waals surface area contributed by atoms with Gasteiger partial charge in [-0.25, -0.2) is 19.3 Å². The molecule has 4 rings (SSSR count). The Labute approximate surface area is 171 Å². The molecule has 0 aliphatic heterocycles. The standard InChI is InChI=1S/C17H12FN7O2S2/c1-9-6-12(25-27-9)22-15(26)14-16(28-11-4-2-10(18)3-5-11)19-7-13(23-14)29-17-20-8-21-24-17/h2-8H,1H3,(H,20,21,24)(H,22,25,26). The van der Waals surface area contributed by atoms with Gasteiger partial charge in [0.2, 0.25) is 0 Å². The van der Waals surface area contributed by atoms with E-state index in [1.165, 1.54) is 48.2 Å². The lowest BCUT2D eigenvalue weighted by atomic mass is 10.3. The molecule has 4 aromatic rings. The van der Waals surface area contributed by atoms with Crippen LogP contribution in [0.1, 0.15) is 16.2 Å². The number of hydrogen-bond donors (Lipinski definition) is 2. The number of amides is 1. The summed E-state index contributed by atoms with van der Waals surface area (Å²) in [6, 6.07) is 7.46. The van der Waals surface area contributed by atoms with E-state index in [1.807, 2.05) is 0 Å². The van der Waals surface area contributed by atoms with E-state index in [-0.39, 0.29) is 17.3 Å². The van der Waals surface area contributed by atoms with Crippen LogP contribution in [0.15, 0.2) is 67.5 Å². The summed E-state index contributed by atoms with van der Waals surface area (Å²) in [6.07, 6.45) is 2.89. The number of rotatable bonds is 6. The van der Waals surface area contributed by atoms with E-state index in [9.17, 15) is 9.18 Å². The Kier molecular flexibility index (Phi) is 5.53. The van der Waals surface area contributed by atoms with Gasteiger partial charge in [0.25, 0.3) is 5.91 Å². The number of carbonyl (C=O) groups excluding carboxylic acids is 1. The summed E-state index contributed by atoms with van der Waals surface area (Å²) < 4.78 is 18.1. The first-order valence-corrected chi connectivity index (χ1v) is 9.78. The van der Waals surface area contributed by atoms with Crippen LogP contribution in [0.5, 0.6) is 0 Å². The zero-order chi connectivity index (χ0) is 20.2. The van der Waals surface area contributed by atoms with Crippen LogP contribution in [0.25, 0.3) is 0 Å². The number of halogens is 1. The summed E-state index contributed by atoms with van der Waals surface area (Å²) in [5, 5.41) is 14.2. The highest BCUT2D eigenvalue weighted by Crippen LogP contribution is 2.31. The van der Waals surface area contributed by atoms with Gasteiger partial charge in [0.05, 0.1) is 6.20 Å². The predicted molar refractivity (Wildman–Crippen MR) is 102 cm³/mol. The minimum absolute atomic E-state index is 0.0875. The minimum Gasteiger partial charge on any atom is -0.360 e. The highest BCUT2D eigenvalue weighted by Gasteiger charge is 2.19. The number of benzene rings is 1. The van der Waals surface area contributed by atoms with E-state index in [0.717, 1.165) is 0 Å². The molecule has 0 bridgehead atoms. The van der Waals surface area contributed by atoms with Crippen LogP contribution in [0.4, 0.5) is 10.2 Å². The summed E-state index contributed by atoms with van der Waals surface area (Å²) in [5.41, 5.74) is 0.0875. The number of nitrogens with zero attached hydrogens (tertiary/aromatic N) is 5. The SMILES string of the molecule is Cc1cc(NC(=O)c2nc(Sc3ncn[nH]3)cnc2Sc2ccc(F)cc2)no1. The predicted octanol–water partition coefficient (Wildman–Crippen LogP) is 3.58. The van der Waals surface area contributed by atoms with E-state index in [1.54, 1.807) is 25.1 Å². The first-order valence-electron chi connectivity index (χ1n) is 8.15. The second kappa shape index (κ2) is 8.41. The van der Waals surface area contributed by atoms with Crippen molar-refractivity contribution in [2.45, 2.75) is 27.0 Å². The maximum Gasteiger partial charge on any atom is 0.278 e. The van der Waals surface area contributed by atoms with E-state index in [4.69, 9.17) is 4.52 Å². The Morgan fingerprint density at radius 3 is 2.72 bits per heavy atom. The van der Waals surface area contributed by atoms with Gasteiger partial charge >= 0.3 is 0 Å². The van der Waals surface area contributed by atoms with E-state index in [2.05, 4.69) is 35.6 Å². The summed E-state index contributed by atoms with van der Waals surface area (Å²) in [4.78, 5) is 26.3. The Morgan fingerprint density at radius 2 is 2.03 bits per heavy atom. The maximum atomic E-state index is 13.2. The lowest BCUT2D eigenvalue weighted by molar-refractivity contribution is 0.101.